The normalized spacial score (nSPS) is 11.8. The molecule has 3 aromatic rings. The molecule has 0 bridgehead atoms. The summed E-state index contributed by atoms with van der Waals surface area (Å²) in [5.41, 5.74) is 2.17. The van der Waals surface area contributed by atoms with Gasteiger partial charge >= 0.3 is 6.61 Å². The number of para-hydroxylation sites is 1. The van der Waals surface area contributed by atoms with E-state index >= 15 is 0 Å². The van der Waals surface area contributed by atoms with Crippen LogP contribution in [0.5, 0.6) is 11.5 Å². The molecule has 2 aromatic carbocycles. The molecule has 28 heavy (non-hydrogen) atoms. The number of alkyl halides is 2. The Morgan fingerprint density at radius 3 is 2.68 bits per heavy atom. The summed E-state index contributed by atoms with van der Waals surface area (Å²) < 4.78 is 35.5. The van der Waals surface area contributed by atoms with Gasteiger partial charge in [-0.25, -0.2) is 4.98 Å². The Morgan fingerprint density at radius 1 is 1.21 bits per heavy atom. The number of ether oxygens (including phenoxy) is 2. The number of hydrogen-bond acceptors (Lipinski definition) is 6. The van der Waals surface area contributed by atoms with E-state index in [2.05, 4.69) is 9.72 Å². The number of hydrogen-bond donors (Lipinski definition) is 0. The van der Waals surface area contributed by atoms with Crippen molar-refractivity contribution in [3.63, 3.8) is 0 Å². The van der Waals surface area contributed by atoms with Gasteiger partial charge in [-0.2, -0.15) is 8.78 Å². The van der Waals surface area contributed by atoms with E-state index in [0.29, 0.717) is 16.1 Å². The van der Waals surface area contributed by atoms with Gasteiger partial charge in [-0.05, 0) is 54.3 Å². The molecular formula is C20H16F2NO4S-. The first kappa shape index (κ1) is 19.8. The van der Waals surface area contributed by atoms with E-state index in [-0.39, 0.29) is 24.3 Å². The number of nitrogens with zero attached hydrogens (tertiary/aromatic N) is 1. The van der Waals surface area contributed by atoms with Crippen molar-refractivity contribution in [3.8, 4) is 11.5 Å². The van der Waals surface area contributed by atoms with Crippen LogP contribution in [0, 0.1) is 0 Å². The lowest BCUT2D eigenvalue weighted by molar-refractivity contribution is -0.305. The second-order valence-corrected chi connectivity index (χ2v) is 6.85. The number of carbonyl (C=O) groups is 1. The molecule has 0 saturated carbocycles. The largest absolute Gasteiger partial charge is 0.550 e. The minimum Gasteiger partial charge on any atom is -0.550 e. The van der Waals surface area contributed by atoms with Crippen molar-refractivity contribution in [2.45, 2.75) is 19.5 Å². The molecule has 0 fully saturated rings. The third-order valence-electron chi connectivity index (χ3n) is 3.91. The Balaban J connectivity index is 1.99. The van der Waals surface area contributed by atoms with E-state index in [9.17, 15) is 18.7 Å². The molecule has 8 heteroatoms. The lowest BCUT2D eigenvalue weighted by Gasteiger charge is -2.11. The maximum Gasteiger partial charge on any atom is 0.387 e. The van der Waals surface area contributed by atoms with Gasteiger partial charge in [-0.1, -0.05) is 18.2 Å². The number of fused-ring (bicyclic) bond motifs is 1. The van der Waals surface area contributed by atoms with Crippen LogP contribution in [0.1, 0.15) is 23.4 Å². The molecule has 1 aromatic heterocycles. The average Bonchev–Trinajstić information content (AvgIpc) is 3.09. The second kappa shape index (κ2) is 8.79. The van der Waals surface area contributed by atoms with Crippen molar-refractivity contribution in [3.05, 3.63) is 53.0 Å². The number of carboxylic acid groups (broad SMARTS) is 1. The van der Waals surface area contributed by atoms with E-state index in [0.717, 1.165) is 10.2 Å². The number of aromatic nitrogens is 1. The maximum atomic E-state index is 12.5. The van der Waals surface area contributed by atoms with Crippen molar-refractivity contribution in [2.24, 2.45) is 0 Å². The third kappa shape index (κ3) is 4.83. The van der Waals surface area contributed by atoms with Crippen LogP contribution in [-0.4, -0.2) is 24.7 Å². The summed E-state index contributed by atoms with van der Waals surface area (Å²) in [5, 5.41) is 11.6. The van der Waals surface area contributed by atoms with Crippen LogP contribution in [0.2, 0.25) is 0 Å². The minimum atomic E-state index is -2.96. The Hall–Kier alpha value is -3.00. The predicted octanol–water partition coefficient (Wildman–Crippen LogP) is 3.98. The van der Waals surface area contributed by atoms with Gasteiger partial charge < -0.3 is 19.4 Å². The molecule has 0 saturated heterocycles. The molecule has 0 atom stereocenters. The Kier molecular flexibility index (Phi) is 6.20. The summed E-state index contributed by atoms with van der Waals surface area (Å²) in [4.78, 5) is 15.5. The number of thiazole rings is 1. The molecule has 3 rings (SSSR count). The van der Waals surface area contributed by atoms with Crippen LogP contribution in [0.4, 0.5) is 8.78 Å². The van der Waals surface area contributed by atoms with E-state index in [4.69, 9.17) is 4.74 Å². The van der Waals surface area contributed by atoms with Crippen molar-refractivity contribution in [2.75, 3.05) is 7.11 Å². The highest BCUT2D eigenvalue weighted by molar-refractivity contribution is 7.19. The van der Waals surface area contributed by atoms with Gasteiger partial charge in [0.2, 0.25) is 0 Å². The molecule has 0 N–H and O–H groups in total. The summed E-state index contributed by atoms with van der Waals surface area (Å²) in [5.74, 6) is -1.09. The molecule has 146 valence electrons. The third-order valence-corrected chi connectivity index (χ3v) is 5.02. The first-order chi connectivity index (χ1) is 13.5. The van der Waals surface area contributed by atoms with Crippen molar-refractivity contribution >= 4 is 39.2 Å². The Morgan fingerprint density at radius 2 is 2.00 bits per heavy atom. The topological polar surface area (TPSA) is 71.5 Å². The van der Waals surface area contributed by atoms with Crippen LogP contribution in [-0.2, 0) is 4.79 Å². The van der Waals surface area contributed by atoms with Gasteiger partial charge in [-0.15, -0.1) is 11.3 Å². The van der Waals surface area contributed by atoms with Crippen molar-refractivity contribution < 1.29 is 28.2 Å². The fraction of sp³-hybridized carbons (Fsp3) is 0.200. The zero-order chi connectivity index (χ0) is 20.1. The van der Waals surface area contributed by atoms with Gasteiger partial charge in [0.1, 0.15) is 5.01 Å². The first-order valence-corrected chi connectivity index (χ1v) is 9.17. The van der Waals surface area contributed by atoms with E-state index in [1.807, 2.05) is 24.3 Å². The minimum absolute atomic E-state index is 0.0778. The average molecular weight is 404 g/mol. The number of allylic oxidation sites excluding steroid dienone is 1. The van der Waals surface area contributed by atoms with Crippen LogP contribution < -0.4 is 14.6 Å². The molecule has 0 unspecified atom stereocenters. The quantitative estimate of drug-likeness (QED) is 0.568. The molecule has 0 aliphatic carbocycles. The van der Waals surface area contributed by atoms with E-state index < -0.39 is 12.6 Å². The van der Waals surface area contributed by atoms with Crippen LogP contribution in [0.3, 0.4) is 0 Å². The SMILES string of the molecule is COc1cc(/C=C(\CCC(=O)[O-])c2nc3ccccc3s2)ccc1OC(F)F. The summed E-state index contributed by atoms with van der Waals surface area (Å²) in [6.07, 6.45) is 1.82. The number of benzene rings is 2. The fourth-order valence-corrected chi connectivity index (χ4v) is 3.66. The summed E-state index contributed by atoms with van der Waals surface area (Å²) in [6, 6.07) is 12.1. The molecule has 0 spiro atoms. The Bertz CT molecular complexity index is 983. The van der Waals surface area contributed by atoms with Crippen LogP contribution in [0.25, 0.3) is 21.9 Å². The predicted molar refractivity (Wildman–Crippen MR) is 101 cm³/mol. The van der Waals surface area contributed by atoms with E-state index in [1.165, 1.54) is 24.5 Å². The van der Waals surface area contributed by atoms with Gasteiger partial charge in [0.25, 0.3) is 0 Å². The van der Waals surface area contributed by atoms with Gasteiger partial charge in [-0.3, -0.25) is 0 Å². The lowest BCUT2D eigenvalue weighted by Crippen LogP contribution is -2.21. The zero-order valence-electron chi connectivity index (χ0n) is 14.9. The fourth-order valence-electron chi connectivity index (χ4n) is 2.66. The van der Waals surface area contributed by atoms with Gasteiger partial charge in [0.05, 0.1) is 17.3 Å². The molecular weight excluding hydrogens is 388 g/mol. The molecule has 0 aliphatic rings. The number of halogens is 2. The second-order valence-electron chi connectivity index (χ2n) is 5.82. The van der Waals surface area contributed by atoms with Crippen LogP contribution >= 0.6 is 11.3 Å². The molecule has 1 heterocycles. The first-order valence-electron chi connectivity index (χ1n) is 8.35. The molecule has 0 radical (unpaired) electrons. The Labute approximate surface area is 163 Å². The lowest BCUT2D eigenvalue weighted by atomic mass is 10.1. The number of carbonyl (C=O) groups excluding carboxylic acids is 1. The standard InChI is InChI=1S/C20H17F2NO4S/c1-26-16-11-12(6-8-15(16)27-20(21)22)10-13(7-9-18(24)25)19-23-14-4-2-3-5-17(14)28-19/h2-6,8,10-11,20H,7,9H2,1H3,(H,24,25)/p-1/b13-10+. The molecule has 0 aliphatic heterocycles. The van der Waals surface area contributed by atoms with E-state index in [1.54, 1.807) is 18.2 Å². The smallest absolute Gasteiger partial charge is 0.387 e. The zero-order valence-corrected chi connectivity index (χ0v) is 15.7. The molecule has 5 nitrogen and oxygen atoms in total. The van der Waals surface area contributed by atoms with Crippen molar-refractivity contribution in [1.29, 1.82) is 0 Å². The maximum absolute atomic E-state index is 12.5. The van der Waals surface area contributed by atoms with Crippen molar-refractivity contribution in [1.82, 2.24) is 4.98 Å². The monoisotopic (exact) mass is 404 g/mol. The van der Waals surface area contributed by atoms with Gasteiger partial charge in [0.15, 0.2) is 11.5 Å². The number of carboxylic acids is 1. The number of rotatable bonds is 8. The summed E-state index contributed by atoms with van der Waals surface area (Å²) in [7, 11) is 1.35. The number of methoxy groups -OCH3 is 1. The highest BCUT2D eigenvalue weighted by Crippen LogP contribution is 2.34. The van der Waals surface area contributed by atoms with Gasteiger partial charge in [0, 0.05) is 5.97 Å². The summed E-state index contributed by atoms with van der Waals surface area (Å²) in [6.45, 7) is -2.96. The highest BCUT2D eigenvalue weighted by Gasteiger charge is 2.13. The summed E-state index contributed by atoms with van der Waals surface area (Å²) >= 11 is 1.45. The van der Waals surface area contributed by atoms with Crippen LogP contribution in [0.15, 0.2) is 42.5 Å². The molecule has 0 amide bonds. The highest BCUT2D eigenvalue weighted by atomic mass is 32.1. The number of aliphatic carboxylic acids is 1.